The lowest BCUT2D eigenvalue weighted by atomic mass is 10.2. The first-order chi connectivity index (χ1) is 13.0. The Bertz CT molecular complexity index is 930. The number of ether oxygens (including phenoxy) is 2. The lowest BCUT2D eigenvalue weighted by Crippen LogP contribution is -2.30. The first-order valence-electron chi connectivity index (χ1n) is 8.45. The number of hydrogen-bond acceptors (Lipinski definition) is 6. The molecule has 0 bridgehead atoms. The van der Waals surface area contributed by atoms with Crippen LogP contribution in [0.2, 0.25) is 0 Å². The van der Waals surface area contributed by atoms with Crippen molar-refractivity contribution in [1.29, 1.82) is 0 Å². The van der Waals surface area contributed by atoms with Gasteiger partial charge >= 0.3 is 0 Å². The molecule has 0 radical (unpaired) electrons. The van der Waals surface area contributed by atoms with Crippen LogP contribution in [0.3, 0.4) is 0 Å². The summed E-state index contributed by atoms with van der Waals surface area (Å²) in [5.74, 6) is 0.632. The molecule has 3 N–H and O–H groups in total. The maximum Gasteiger partial charge on any atom is 0.262 e. The van der Waals surface area contributed by atoms with Gasteiger partial charge < -0.3 is 20.1 Å². The zero-order chi connectivity index (χ0) is 19.3. The molecule has 0 spiro atoms. The van der Waals surface area contributed by atoms with Crippen LogP contribution < -0.4 is 24.8 Å². The van der Waals surface area contributed by atoms with E-state index < -0.39 is 10.0 Å². The summed E-state index contributed by atoms with van der Waals surface area (Å²) in [6, 6.07) is 10.7. The van der Waals surface area contributed by atoms with Crippen LogP contribution in [0.1, 0.15) is 10.4 Å². The van der Waals surface area contributed by atoms with Crippen molar-refractivity contribution in [2.45, 2.75) is 4.90 Å². The SMILES string of the molecule is CNCCNC(=O)c1cccc(NS(=O)(=O)c2ccc3c(c2)OCCO3)c1. The highest BCUT2D eigenvalue weighted by atomic mass is 32.2. The van der Waals surface area contributed by atoms with Gasteiger partial charge in [-0.25, -0.2) is 8.42 Å². The van der Waals surface area contributed by atoms with Gasteiger partial charge in [0.15, 0.2) is 11.5 Å². The lowest BCUT2D eigenvalue weighted by Gasteiger charge is -2.19. The molecule has 3 rings (SSSR count). The summed E-state index contributed by atoms with van der Waals surface area (Å²) in [6.07, 6.45) is 0. The third-order valence-corrected chi connectivity index (χ3v) is 5.24. The molecule has 2 aromatic carbocycles. The highest BCUT2D eigenvalue weighted by molar-refractivity contribution is 7.92. The van der Waals surface area contributed by atoms with E-state index in [4.69, 9.17) is 9.47 Å². The van der Waals surface area contributed by atoms with Gasteiger partial charge in [-0.05, 0) is 37.4 Å². The molecule has 1 heterocycles. The van der Waals surface area contributed by atoms with E-state index in [9.17, 15) is 13.2 Å². The van der Waals surface area contributed by atoms with Gasteiger partial charge in [-0.2, -0.15) is 0 Å². The van der Waals surface area contributed by atoms with Crippen LogP contribution in [0.5, 0.6) is 11.5 Å². The van der Waals surface area contributed by atoms with E-state index in [-0.39, 0.29) is 10.8 Å². The monoisotopic (exact) mass is 391 g/mol. The van der Waals surface area contributed by atoms with Crippen LogP contribution in [-0.2, 0) is 10.0 Å². The van der Waals surface area contributed by atoms with Crippen molar-refractivity contribution in [3.63, 3.8) is 0 Å². The zero-order valence-corrected chi connectivity index (χ0v) is 15.6. The van der Waals surface area contributed by atoms with Crippen LogP contribution in [0, 0.1) is 0 Å². The molecular weight excluding hydrogens is 370 g/mol. The van der Waals surface area contributed by atoms with Gasteiger partial charge in [-0.3, -0.25) is 9.52 Å². The average Bonchev–Trinajstić information content (AvgIpc) is 2.67. The summed E-state index contributed by atoms with van der Waals surface area (Å²) in [6.45, 7) is 1.92. The van der Waals surface area contributed by atoms with Crippen molar-refractivity contribution in [3.8, 4) is 11.5 Å². The minimum absolute atomic E-state index is 0.0515. The first kappa shape index (κ1) is 19.0. The van der Waals surface area contributed by atoms with Crippen LogP contribution in [0.4, 0.5) is 5.69 Å². The van der Waals surface area contributed by atoms with E-state index in [1.165, 1.54) is 18.2 Å². The number of likely N-dealkylation sites (N-methyl/N-ethyl adjacent to an activating group) is 1. The highest BCUT2D eigenvalue weighted by Crippen LogP contribution is 2.32. The van der Waals surface area contributed by atoms with Gasteiger partial charge in [0.25, 0.3) is 15.9 Å². The Hall–Kier alpha value is -2.78. The first-order valence-corrected chi connectivity index (χ1v) is 9.93. The summed E-state index contributed by atoms with van der Waals surface area (Å²) in [7, 11) is -2.05. The number of carbonyl (C=O) groups excluding carboxylic acids is 1. The molecule has 27 heavy (non-hydrogen) atoms. The van der Waals surface area contributed by atoms with E-state index in [0.29, 0.717) is 49.1 Å². The van der Waals surface area contributed by atoms with Gasteiger partial charge in [-0.15, -0.1) is 0 Å². The molecule has 0 saturated carbocycles. The zero-order valence-electron chi connectivity index (χ0n) is 14.8. The maximum absolute atomic E-state index is 12.7. The van der Waals surface area contributed by atoms with Gasteiger partial charge in [-0.1, -0.05) is 6.07 Å². The van der Waals surface area contributed by atoms with Crippen LogP contribution in [0.25, 0.3) is 0 Å². The molecule has 1 aliphatic rings. The van der Waals surface area contributed by atoms with Crippen molar-refractivity contribution >= 4 is 21.6 Å². The Morgan fingerprint density at radius 2 is 1.81 bits per heavy atom. The molecule has 8 nitrogen and oxygen atoms in total. The molecule has 0 aliphatic carbocycles. The normalized spacial score (nSPS) is 13.1. The summed E-state index contributed by atoms with van der Waals surface area (Å²) >= 11 is 0. The predicted octanol–water partition coefficient (Wildman–Crippen LogP) is 1.21. The quantitative estimate of drug-likeness (QED) is 0.613. The molecule has 1 amide bonds. The van der Waals surface area contributed by atoms with Crippen molar-refractivity contribution in [2.75, 3.05) is 38.1 Å². The third kappa shape index (κ3) is 4.69. The van der Waals surface area contributed by atoms with E-state index in [0.717, 1.165) is 0 Å². The van der Waals surface area contributed by atoms with Crippen molar-refractivity contribution < 1.29 is 22.7 Å². The second kappa shape index (κ2) is 8.28. The van der Waals surface area contributed by atoms with Gasteiger partial charge in [0, 0.05) is 30.4 Å². The summed E-state index contributed by atoms with van der Waals surface area (Å²) in [4.78, 5) is 12.2. The number of fused-ring (bicyclic) bond motifs is 1. The Balaban J connectivity index is 1.76. The number of rotatable bonds is 7. The molecule has 1 aliphatic heterocycles. The Labute approximate surface area is 157 Å². The molecule has 0 fully saturated rings. The number of nitrogens with one attached hydrogen (secondary N) is 3. The number of anilines is 1. The largest absolute Gasteiger partial charge is 0.486 e. The van der Waals surface area contributed by atoms with Crippen LogP contribution >= 0.6 is 0 Å². The van der Waals surface area contributed by atoms with Crippen LogP contribution in [0.15, 0.2) is 47.4 Å². The van der Waals surface area contributed by atoms with Crippen molar-refractivity contribution in [2.24, 2.45) is 0 Å². The van der Waals surface area contributed by atoms with Crippen molar-refractivity contribution in [3.05, 3.63) is 48.0 Å². The summed E-state index contributed by atoms with van der Waals surface area (Å²) in [5, 5.41) is 5.68. The second-order valence-electron chi connectivity index (χ2n) is 5.85. The minimum atomic E-state index is -3.84. The average molecular weight is 391 g/mol. The van der Waals surface area contributed by atoms with E-state index in [1.807, 2.05) is 0 Å². The lowest BCUT2D eigenvalue weighted by molar-refractivity contribution is 0.0954. The highest BCUT2D eigenvalue weighted by Gasteiger charge is 2.20. The Morgan fingerprint density at radius 1 is 1.04 bits per heavy atom. The molecule has 144 valence electrons. The molecule has 0 aromatic heterocycles. The Morgan fingerprint density at radius 3 is 2.59 bits per heavy atom. The molecule has 9 heteroatoms. The van der Waals surface area contributed by atoms with Crippen molar-refractivity contribution in [1.82, 2.24) is 10.6 Å². The third-order valence-electron chi connectivity index (χ3n) is 3.86. The molecule has 0 atom stereocenters. The molecule has 0 saturated heterocycles. The van der Waals surface area contributed by atoms with E-state index in [2.05, 4.69) is 15.4 Å². The smallest absolute Gasteiger partial charge is 0.262 e. The minimum Gasteiger partial charge on any atom is -0.486 e. The number of amides is 1. The maximum atomic E-state index is 12.7. The van der Waals surface area contributed by atoms with Gasteiger partial charge in [0.1, 0.15) is 13.2 Å². The van der Waals surface area contributed by atoms with E-state index in [1.54, 1.807) is 31.3 Å². The number of sulfonamides is 1. The summed E-state index contributed by atoms with van der Waals surface area (Å²) < 4.78 is 38.6. The Kier molecular flexibility index (Phi) is 5.82. The fourth-order valence-corrected chi connectivity index (χ4v) is 3.60. The second-order valence-corrected chi connectivity index (χ2v) is 7.53. The van der Waals surface area contributed by atoms with E-state index >= 15 is 0 Å². The fraction of sp³-hybridized carbons (Fsp3) is 0.278. The van der Waals surface area contributed by atoms with Gasteiger partial charge in [0.05, 0.1) is 4.90 Å². The molecule has 2 aromatic rings. The number of hydrogen-bond donors (Lipinski definition) is 3. The molecular formula is C18H21N3O5S. The predicted molar refractivity (Wildman–Crippen MR) is 101 cm³/mol. The molecule has 0 unspecified atom stereocenters. The van der Waals surface area contributed by atoms with Crippen LogP contribution in [-0.4, -0.2) is 47.7 Å². The topological polar surface area (TPSA) is 106 Å². The summed E-state index contributed by atoms with van der Waals surface area (Å²) in [5.41, 5.74) is 0.666. The number of carbonyl (C=O) groups is 1. The standard InChI is InChI=1S/C18H21N3O5S/c1-19-7-8-20-18(22)13-3-2-4-14(11-13)21-27(23,24)15-5-6-16-17(12-15)26-10-9-25-16/h2-6,11-12,19,21H,7-10H2,1H3,(H,20,22). The fourth-order valence-electron chi connectivity index (χ4n) is 2.53. The number of benzene rings is 2. The van der Waals surface area contributed by atoms with Gasteiger partial charge in [0.2, 0.25) is 0 Å².